The molecule has 2 aromatic heterocycles. The molecule has 5 nitrogen and oxygen atoms in total. The van der Waals surface area contributed by atoms with Crippen LogP contribution >= 0.6 is 0 Å². The Kier molecular flexibility index (Phi) is 4.94. The van der Waals surface area contributed by atoms with E-state index in [0.29, 0.717) is 12.1 Å². The number of hydrogen-bond donors (Lipinski definition) is 1. The van der Waals surface area contributed by atoms with E-state index in [4.69, 9.17) is 0 Å². The molecule has 0 saturated carbocycles. The Morgan fingerprint density at radius 2 is 1.96 bits per heavy atom. The summed E-state index contributed by atoms with van der Waals surface area (Å²) in [5, 5.41) is 12.7. The van der Waals surface area contributed by atoms with Crippen LogP contribution in [0, 0.1) is 25.2 Å². The number of aromatic nitrogens is 2. The van der Waals surface area contributed by atoms with Gasteiger partial charge >= 0.3 is 0 Å². The van der Waals surface area contributed by atoms with E-state index in [2.05, 4.69) is 62.7 Å². The predicted octanol–water partition coefficient (Wildman–Crippen LogP) is 4.14. The maximum Gasteiger partial charge on any atom is 0.128 e. The summed E-state index contributed by atoms with van der Waals surface area (Å²) in [6.07, 6.45) is 2.97. The topological polar surface area (TPSA) is 64.8 Å². The lowest BCUT2D eigenvalue weighted by Crippen LogP contribution is -2.30. The van der Waals surface area contributed by atoms with Crippen molar-refractivity contribution in [1.82, 2.24) is 9.97 Å². The lowest BCUT2D eigenvalue weighted by molar-refractivity contribution is 0.720. The van der Waals surface area contributed by atoms with Gasteiger partial charge in [0.25, 0.3) is 0 Å². The van der Waals surface area contributed by atoms with Gasteiger partial charge in [-0.2, -0.15) is 5.26 Å². The average molecular weight is 369 g/mol. The highest BCUT2D eigenvalue weighted by Gasteiger charge is 2.16. The van der Waals surface area contributed by atoms with E-state index in [1.165, 1.54) is 11.1 Å². The summed E-state index contributed by atoms with van der Waals surface area (Å²) in [4.78, 5) is 11.4. The summed E-state index contributed by atoms with van der Waals surface area (Å²) in [7, 11) is 0. The Morgan fingerprint density at radius 1 is 1.14 bits per heavy atom. The minimum Gasteiger partial charge on any atom is -0.380 e. The fraction of sp³-hybridized carbons (Fsp3) is 0.261. The molecule has 1 aliphatic heterocycles. The first-order valence-electron chi connectivity index (χ1n) is 9.53. The number of anilines is 2. The van der Waals surface area contributed by atoms with Crippen molar-refractivity contribution in [2.24, 2.45) is 0 Å². The molecule has 0 unspecified atom stereocenters. The van der Waals surface area contributed by atoms with Crippen molar-refractivity contribution in [1.29, 1.82) is 5.26 Å². The van der Waals surface area contributed by atoms with Crippen molar-refractivity contribution in [2.45, 2.75) is 33.4 Å². The molecule has 0 bridgehead atoms. The third-order valence-electron chi connectivity index (χ3n) is 5.19. The summed E-state index contributed by atoms with van der Waals surface area (Å²) in [6, 6.07) is 17.0. The zero-order valence-electron chi connectivity index (χ0n) is 16.2. The van der Waals surface area contributed by atoms with E-state index in [-0.39, 0.29) is 0 Å². The zero-order valence-corrected chi connectivity index (χ0v) is 16.2. The van der Waals surface area contributed by atoms with Crippen LogP contribution in [0.1, 0.15) is 33.6 Å². The van der Waals surface area contributed by atoms with Gasteiger partial charge in [-0.3, -0.25) is 4.98 Å². The summed E-state index contributed by atoms with van der Waals surface area (Å²) in [5.74, 6) is 1.01. The third kappa shape index (κ3) is 3.67. The van der Waals surface area contributed by atoms with Gasteiger partial charge in [-0.25, -0.2) is 4.98 Å². The molecule has 0 fully saturated rings. The number of benzene rings is 1. The molecule has 0 saturated heterocycles. The quantitative estimate of drug-likeness (QED) is 0.749. The number of fused-ring (bicyclic) bond motifs is 1. The Bertz CT molecular complexity index is 1030. The van der Waals surface area contributed by atoms with Crippen molar-refractivity contribution >= 4 is 11.5 Å². The van der Waals surface area contributed by atoms with E-state index >= 15 is 0 Å². The smallest absolute Gasteiger partial charge is 0.128 e. The maximum atomic E-state index is 9.39. The summed E-state index contributed by atoms with van der Waals surface area (Å²) in [5.41, 5.74) is 6.98. The van der Waals surface area contributed by atoms with Crippen LogP contribution in [-0.2, 0) is 19.5 Å². The molecule has 140 valence electrons. The van der Waals surface area contributed by atoms with Crippen LogP contribution in [0.4, 0.5) is 11.5 Å². The van der Waals surface area contributed by atoms with Gasteiger partial charge < -0.3 is 10.2 Å². The van der Waals surface area contributed by atoms with Gasteiger partial charge in [0.1, 0.15) is 11.9 Å². The molecule has 0 atom stereocenters. The molecule has 4 rings (SSSR count). The Morgan fingerprint density at radius 3 is 2.71 bits per heavy atom. The molecular formula is C23H23N5. The number of aryl methyl sites for hydroxylation is 2. The van der Waals surface area contributed by atoms with E-state index in [0.717, 1.165) is 48.0 Å². The van der Waals surface area contributed by atoms with Crippen LogP contribution in [-0.4, -0.2) is 16.5 Å². The number of nitrogens with one attached hydrogen (secondary N) is 1. The van der Waals surface area contributed by atoms with Gasteiger partial charge in [-0.1, -0.05) is 30.3 Å². The van der Waals surface area contributed by atoms with Crippen LogP contribution in [0.3, 0.4) is 0 Å². The average Bonchev–Trinajstić information content (AvgIpc) is 2.72. The van der Waals surface area contributed by atoms with Crippen LogP contribution in [0.2, 0.25) is 0 Å². The summed E-state index contributed by atoms with van der Waals surface area (Å²) < 4.78 is 0. The molecule has 0 amide bonds. The van der Waals surface area contributed by atoms with Crippen molar-refractivity contribution in [3.63, 3.8) is 0 Å². The largest absolute Gasteiger partial charge is 0.380 e. The Balaban J connectivity index is 1.44. The molecule has 0 aliphatic carbocycles. The number of hydrogen-bond acceptors (Lipinski definition) is 5. The van der Waals surface area contributed by atoms with E-state index in [1.54, 1.807) is 0 Å². The Labute approximate surface area is 165 Å². The minimum absolute atomic E-state index is 0.599. The first-order chi connectivity index (χ1) is 13.6. The number of pyridine rings is 2. The highest BCUT2D eigenvalue weighted by molar-refractivity contribution is 5.60. The SMILES string of the molecule is Cc1cc(NCc2ccc(N3CCc4ccccc4C3)nc2)c(C#N)c(C)n1. The molecule has 3 heterocycles. The third-order valence-corrected chi connectivity index (χ3v) is 5.19. The van der Waals surface area contributed by atoms with Crippen molar-refractivity contribution in [3.05, 3.63) is 82.3 Å². The molecular weight excluding hydrogens is 346 g/mol. The minimum atomic E-state index is 0.599. The predicted molar refractivity (Wildman–Crippen MR) is 111 cm³/mol. The summed E-state index contributed by atoms with van der Waals surface area (Å²) >= 11 is 0. The molecule has 1 aromatic carbocycles. The molecule has 3 aromatic rings. The lowest BCUT2D eigenvalue weighted by Gasteiger charge is -2.29. The van der Waals surface area contributed by atoms with E-state index < -0.39 is 0 Å². The zero-order chi connectivity index (χ0) is 19.5. The number of nitriles is 1. The van der Waals surface area contributed by atoms with Gasteiger partial charge in [0.15, 0.2) is 0 Å². The maximum absolute atomic E-state index is 9.39. The van der Waals surface area contributed by atoms with Crippen LogP contribution in [0.15, 0.2) is 48.7 Å². The summed E-state index contributed by atoms with van der Waals surface area (Å²) in [6.45, 7) is 6.31. The van der Waals surface area contributed by atoms with E-state index in [1.807, 2.05) is 26.1 Å². The van der Waals surface area contributed by atoms with Crippen molar-refractivity contribution in [3.8, 4) is 6.07 Å². The standard InChI is InChI=1S/C23H23N5/c1-16-11-22(21(12-24)17(2)27-16)25-13-18-7-8-23(26-14-18)28-10-9-19-5-3-4-6-20(19)15-28/h3-8,11,14H,9-10,13,15H2,1-2H3,(H,25,27). The highest BCUT2D eigenvalue weighted by atomic mass is 15.2. The number of rotatable bonds is 4. The van der Waals surface area contributed by atoms with Crippen molar-refractivity contribution < 1.29 is 0 Å². The fourth-order valence-electron chi connectivity index (χ4n) is 3.71. The van der Waals surface area contributed by atoms with E-state index in [9.17, 15) is 5.26 Å². The normalized spacial score (nSPS) is 13.0. The molecule has 1 aliphatic rings. The van der Waals surface area contributed by atoms with Crippen LogP contribution in [0.5, 0.6) is 0 Å². The van der Waals surface area contributed by atoms with Gasteiger partial charge in [0, 0.05) is 31.5 Å². The molecule has 5 heteroatoms. The van der Waals surface area contributed by atoms with Gasteiger partial charge in [0.2, 0.25) is 0 Å². The lowest BCUT2D eigenvalue weighted by atomic mass is 10.00. The molecule has 1 N–H and O–H groups in total. The second-order valence-electron chi connectivity index (χ2n) is 7.20. The Hall–Kier alpha value is -3.39. The van der Waals surface area contributed by atoms with Crippen molar-refractivity contribution in [2.75, 3.05) is 16.8 Å². The highest BCUT2D eigenvalue weighted by Crippen LogP contribution is 2.24. The number of nitrogens with zero attached hydrogens (tertiary/aromatic N) is 4. The molecule has 28 heavy (non-hydrogen) atoms. The van der Waals surface area contributed by atoms with Gasteiger partial charge in [-0.15, -0.1) is 0 Å². The fourth-order valence-corrected chi connectivity index (χ4v) is 3.71. The first-order valence-corrected chi connectivity index (χ1v) is 9.53. The molecule has 0 radical (unpaired) electrons. The van der Waals surface area contributed by atoms with Gasteiger partial charge in [-0.05, 0) is 49.1 Å². The van der Waals surface area contributed by atoms with Gasteiger partial charge in [0.05, 0.1) is 16.9 Å². The second-order valence-corrected chi connectivity index (χ2v) is 7.20. The monoisotopic (exact) mass is 369 g/mol. The molecule has 0 spiro atoms. The van der Waals surface area contributed by atoms with Crippen LogP contribution in [0.25, 0.3) is 0 Å². The first kappa shape index (κ1) is 18.0. The van der Waals surface area contributed by atoms with Crippen LogP contribution < -0.4 is 10.2 Å². The second kappa shape index (κ2) is 7.69.